The lowest BCUT2D eigenvalue weighted by Crippen LogP contribution is -2.27. The van der Waals surface area contributed by atoms with E-state index in [1.54, 1.807) is 6.07 Å². The number of hydrogen-bond donors (Lipinski definition) is 3. The Kier molecular flexibility index (Phi) is 4.13. The molecule has 0 bridgehead atoms. The van der Waals surface area contributed by atoms with Crippen LogP contribution in [-0.4, -0.2) is 35.9 Å². The molecule has 0 amide bonds. The van der Waals surface area contributed by atoms with E-state index < -0.39 is 5.97 Å². The highest BCUT2D eigenvalue weighted by Gasteiger charge is 2.10. The zero-order valence-electron chi connectivity index (χ0n) is 9.18. The molecule has 0 aliphatic rings. The van der Waals surface area contributed by atoms with Crippen LogP contribution in [0.5, 0.6) is 0 Å². The summed E-state index contributed by atoms with van der Waals surface area (Å²) in [6.07, 6.45) is 0. The van der Waals surface area contributed by atoms with E-state index >= 15 is 0 Å². The van der Waals surface area contributed by atoms with Gasteiger partial charge in [-0.25, -0.2) is 4.79 Å². The second-order valence-electron chi connectivity index (χ2n) is 3.38. The number of nitrogens with two attached hydrogens (primary N) is 1. The number of aliphatic hydroxyl groups is 1. The van der Waals surface area contributed by atoms with Crippen LogP contribution in [0.25, 0.3) is 0 Å². The van der Waals surface area contributed by atoms with E-state index in [-0.39, 0.29) is 12.2 Å². The van der Waals surface area contributed by atoms with E-state index in [1.165, 1.54) is 12.1 Å². The van der Waals surface area contributed by atoms with Gasteiger partial charge in [-0.1, -0.05) is 0 Å². The molecular weight excluding hydrogens is 208 g/mol. The number of hydrogen-bond acceptors (Lipinski definition) is 4. The lowest BCUT2D eigenvalue weighted by molar-refractivity contribution is 0.0697. The van der Waals surface area contributed by atoms with Gasteiger partial charge in [0.15, 0.2) is 0 Å². The first kappa shape index (κ1) is 12.3. The van der Waals surface area contributed by atoms with Gasteiger partial charge >= 0.3 is 5.97 Å². The molecule has 1 aromatic rings. The lowest BCUT2D eigenvalue weighted by atomic mass is 10.1. The number of carboxylic acid groups (broad SMARTS) is 1. The van der Waals surface area contributed by atoms with Gasteiger partial charge in [0.1, 0.15) is 0 Å². The fraction of sp³-hybridized carbons (Fsp3) is 0.364. The van der Waals surface area contributed by atoms with E-state index in [2.05, 4.69) is 0 Å². The van der Waals surface area contributed by atoms with Crippen molar-refractivity contribution in [2.75, 3.05) is 30.3 Å². The molecule has 16 heavy (non-hydrogen) atoms. The van der Waals surface area contributed by atoms with Gasteiger partial charge in [-0.2, -0.15) is 0 Å². The highest BCUT2D eigenvalue weighted by Crippen LogP contribution is 2.24. The van der Waals surface area contributed by atoms with E-state index in [0.29, 0.717) is 18.8 Å². The molecule has 1 aromatic carbocycles. The predicted octanol–water partition coefficient (Wildman–Crippen LogP) is 0.786. The maximum Gasteiger partial charge on any atom is 0.335 e. The number of nitrogen functional groups attached to an aromatic ring is 1. The number of anilines is 2. The molecule has 0 aliphatic heterocycles. The third-order valence-corrected chi connectivity index (χ3v) is 2.37. The van der Waals surface area contributed by atoms with Crippen LogP contribution in [0.3, 0.4) is 0 Å². The van der Waals surface area contributed by atoms with Gasteiger partial charge in [-0.05, 0) is 25.1 Å². The Hall–Kier alpha value is -1.75. The van der Waals surface area contributed by atoms with Gasteiger partial charge in [0.05, 0.1) is 23.5 Å². The van der Waals surface area contributed by atoms with Crippen LogP contribution in [0, 0.1) is 0 Å². The van der Waals surface area contributed by atoms with E-state index in [0.717, 1.165) is 5.69 Å². The van der Waals surface area contributed by atoms with Crippen LogP contribution < -0.4 is 10.6 Å². The highest BCUT2D eigenvalue weighted by molar-refractivity contribution is 5.90. The molecule has 4 N–H and O–H groups in total. The van der Waals surface area contributed by atoms with E-state index in [1.807, 2.05) is 11.8 Å². The fourth-order valence-corrected chi connectivity index (χ4v) is 1.55. The van der Waals surface area contributed by atoms with Crippen molar-refractivity contribution >= 4 is 17.3 Å². The van der Waals surface area contributed by atoms with Crippen molar-refractivity contribution in [2.24, 2.45) is 0 Å². The molecule has 0 aliphatic carbocycles. The minimum Gasteiger partial charge on any atom is -0.478 e. The Balaban J connectivity index is 3.01. The summed E-state index contributed by atoms with van der Waals surface area (Å²) in [5.74, 6) is -0.997. The monoisotopic (exact) mass is 224 g/mol. The summed E-state index contributed by atoms with van der Waals surface area (Å²) in [5.41, 5.74) is 7.11. The number of benzene rings is 1. The van der Waals surface area contributed by atoms with Crippen molar-refractivity contribution in [3.63, 3.8) is 0 Å². The van der Waals surface area contributed by atoms with Gasteiger partial charge in [0, 0.05) is 13.1 Å². The Labute approximate surface area is 94.1 Å². The largest absolute Gasteiger partial charge is 0.478 e. The zero-order chi connectivity index (χ0) is 12.1. The molecule has 0 atom stereocenters. The smallest absolute Gasteiger partial charge is 0.335 e. The first-order chi connectivity index (χ1) is 7.60. The average Bonchev–Trinajstić information content (AvgIpc) is 2.26. The normalized spacial score (nSPS) is 10.1. The van der Waals surface area contributed by atoms with Crippen LogP contribution in [0.2, 0.25) is 0 Å². The molecule has 1 rings (SSSR count). The van der Waals surface area contributed by atoms with Crippen molar-refractivity contribution in [3.8, 4) is 0 Å². The predicted molar refractivity (Wildman–Crippen MR) is 62.8 cm³/mol. The number of aromatic carboxylic acids is 1. The SMILES string of the molecule is CCN(CCO)c1ccc(C(=O)O)cc1N. The third kappa shape index (κ3) is 2.64. The average molecular weight is 224 g/mol. The molecule has 0 radical (unpaired) electrons. The third-order valence-electron chi connectivity index (χ3n) is 2.37. The van der Waals surface area contributed by atoms with Gasteiger partial charge < -0.3 is 20.8 Å². The topological polar surface area (TPSA) is 86.8 Å². The number of nitrogens with zero attached hydrogens (tertiary/aromatic N) is 1. The minimum absolute atomic E-state index is 0.0357. The summed E-state index contributed by atoms with van der Waals surface area (Å²) in [6.45, 7) is 3.17. The molecule has 0 aromatic heterocycles. The number of carbonyl (C=O) groups is 1. The molecule has 5 nitrogen and oxygen atoms in total. The Morgan fingerprint density at radius 2 is 2.19 bits per heavy atom. The maximum absolute atomic E-state index is 10.7. The fourth-order valence-electron chi connectivity index (χ4n) is 1.55. The molecule has 88 valence electrons. The Bertz CT molecular complexity index is 379. The number of aliphatic hydroxyl groups excluding tert-OH is 1. The van der Waals surface area contributed by atoms with Crippen LogP contribution in [0.15, 0.2) is 18.2 Å². The van der Waals surface area contributed by atoms with Gasteiger partial charge in [0.2, 0.25) is 0 Å². The summed E-state index contributed by atoms with van der Waals surface area (Å²) < 4.78 is 0. The van der Waals surface area contributed by atoms with Crippen molar-refractivity contribution in [1.82, 2.24) is 0 Å². The lowest BCUT2D eigenvalue weighted by Gasteiger charge is -2.23. The van der Waals surface area contributed by atoms with Crippen LogP contribution in [-0.2, 0) is 0 Å². The number of carboxylic acids is 1. The van der Waals surface area contributed by atoms with Gasteiger partial charge in [-0.3, -0.25) is 0 Å². The molecule has 0 spiro atoms. The van der Waals surface area contributed by atoms with Gasteiger partial charge in [-0.15, -0.1) is 0 Å². The minimum atomic E-state index is -0.997. The van der Waals surface area contributed by atoms with Crippen LogP contribution in [0.1, 0.15) is 17.3 Å². The highest BCUT2D eigenvalue weighted by atomic mass is 16.4. The molecule has 5 heteroatoms. The van der Waals surface area contributed by atoms with Crippen molar-refractivity contribution in [1.29, 1.82) is 0 Å². The summed E-state index contributed by atoms with van der Waals surface area (Å²) in [5, 5.41) is 17.7. The van der Waals surface area contributed by atoms with Crippen LogP contribution >= 0.6 is 0 Å². The van der Waals surface area contributed by atoms with Crippen molar-refractivity contribution < 1.29 is 15.0 Å². The van der Waals surface area contributed by atoms with E-state index in [4.69, 9.17) is 15.9 Å². The van der Waals surface area contributed by atoms with E-state index in [9.17, 15) is 4.79 Å². The van der Waals surface area contributed by atoms with Gasteiger partial charge in [0.25, 0.3) is 0 Å². The van der Waals surface area contributed by atoms with Crippen molar-refractivity contribution in [3.05, 3.63) is 23.8 Å². The quantitative estimate of drug-likeness (QED) is 0.643. The van der Waals surface area contributed by atoms with Crippen LogP contribution in [0.4, 0.5) is 11.4 Å². The molecule has 0 heterocycles. The molecule has 0 saturated heterocycles. The Morgan fingerprint density at radius 3 is 2.62 bits per heavy atom. The maximum atomic E-state index is 10.7. The molecule has 0 saturated carbocycles. The first-order valence-electron chi connectivity index (χ1n) is 5.08. The summed E-state index contributed by atoms with van der Waals surface area (Å²) >= 11 is 0. The summed E-state index contributed by atoms with van der Waals surface area (Å²) in [6, 6.07) is 4.60. The molecule has 0 fully saturated rings. The number of likely N-dealkylation sites (N-methyl/N-ethyl adjacent to an activating group) is 1. The second kappa shape index (κ2) is 5.37. The number of rotatable bonds is 5. The molecule has 0 unspecified atom stereocenters. The van der Waals surface area contributed by atoms with Crippen molar-refractivity contribution in [2.45, 2.75) is 6.92 Å². The summed E-state index contributed by atoms with van der Waals surface area (Å²) in [4.78, 5) is 12.6. The first-order valence-corrected chi connectivity index (χ1v) is 5.08. The second-order valence-corrected chi connectivity index (χ2v) is 3.38. The zero-order valence-corrected chi connectivity index (χ0v) is 9.18. The summed E-state index contributed by atoms with van der Waals surface area (Å²) in [7, 11) is 0. The Morgan fingerprint density at radius 1 is 1.50 bits per heavy atom. The standard InChI is InChI=1S/C11H16N2O3/c1-2-13(5-6-14)10-4-3-8(11(15)16)7-9(10)12/h3-4,7,14H,2,5-6,12H2,1H3,(H,15,16). The molecular formula is C11H16N2O3.